The molecule has 22 heavy (non-hydrogen) atoms. The highest BCUT2D eigenvalue weighted by molar-refractivity contribution is 5.92. The number of hydrogen-bond acceptors (Lipinski definition) is 4. The molecule has 0 radical (unpaired) electrons. The second-order valence-corrected chi connectivity index (χ2v) is 4.63. The number of alkyl halides is 2. The maximum absolute atomic E-state index is 12.6. The summed E-state index contributed by atoms with van der Waals surface area (Å²) in [5.41, 5.74) is 1.58. The Balaban J connectivity index is 1.73. The zero-order chi connectivity index (χ0) is 15.7. The SMILES string of the molecule is Cc1cc(C(=O)NCc2cnc3cnccn23)nn1C(F)F. The van der Waals surface area contributed by atoms with Gasteiger partial charge in [0.1, 0.15) is 0 Å². The number of imidazole rings is 1. The van der Waals surface area contributed by atoms with Crippen molar-refractivity contribution in [3.05, 3.63) is 47.9 Å². The second-order valence-electron chi connectivity index (χ2n) is 4.63. The Labute approximate surface area is 123 Å². The van der Waals surface area contributed by atoms with Gasteiger partial charge in [-0.1, -0.05) is 0 Å². The predicted molar refractivity (Wildman–Crippen MR) is 72.4 cm³/mol. The molecule has 0 saturated heterocycles. The molecule has 3 aromatic rings. The summed E-state index contributed by atoms with van der Waals surface area (Å²) >= 11 is 0. The molecule has 0 aliphatic rings. The normalized spacial score (nSPS) is 11.3. The first-order valence-corrected chi connectivity index (χ1v) is 6.44. The van der Waals surface area contributed by atoms with Crippen LogP contribution >= 0.6 is 0 Å². The lowest BCUT2D eigenvalue weighted by molar-refractivity contribution is 0.0538. The fourth-order valence-corrected chi connectivity index (χ4v) is 2.08. The van der Waals surface area contributed by atoms with Crippen LogP contribution in [0.1, 0.15) is 28.4 Å². The summed E-state index contributed by atoms with van der Waals surface area (Å²) in [7, 11) is 0. The Morgan fingerprint density at radius 3 is 2.95 bits per heavy atom. The molecule has 0 aromatic carbocycles. The van der Waals surface area contributed by atoms with Crippen molar-refractivity contribution < 1.29 is 13.6 Å². The van der Waals surface area contributed by atoms with Gasteiger partial charge in [0.15, 0.2) is 11.3 Å². The number of carbonyl (C=O) groups is 1. The molecule has 1 N–H and O–H groups in total. The average molecular weight is 306 g/mol. The standard InChI is InChI=1S/C13H12F2N6O/c1-8-4-10(19-21(8)13(14)15)12(22)18-6-9-5-17-11-7-16-2-3-20(9)11/h2-5,7,13H,6H2,1H3,(H,18,22). The van der Waals surface area contributed by atoms with E-state index in [-0.39, 0.29) is 17.9 Å². The smallest absolute Gasteiger partial charge is 0.333 e. The lowest BCUT2D eigenvalue weighted by Crippen LogP contribution is -2.24. The lowest BCUT2D eigenvalue weighted by Gasteiger charge is -2.03. The van der Waals surface area contributed by atoms with Gasteiger partial charge in [0.05, 0.1) is 24.6 Å². The first-order valence-electron chi connectivity index (χ1n) is 6.44. The van der Waals surface area contributed by atoms with E-state index in [1.54, 1.807) is 29.2 Å². The van der Waals surface area contributed by atoms with Gasteiger partial charge in [0.25, 0.3) is 5.91 Å². The summed E-state index contributed by atoms with van der Waals surface area (Å²) in [6, 6.07) is 1.32. The number of nitrogens with one attached hydrogen (secondary N) is 1. The minimum absolute atomic E-state index is 0.0479. The van der Waals surface area contributed by atoms with Crippen LogP contribution in [0.4, 0.5) is 8.78 Å². The Hall–Kier alpha value is -2.84. The van der Waals surface area contributed by atoms with E-state index in [1.807, 2.05) is 0 Å². The van der Waals surface area contributed by atoms with Crippen LogP contribution in [-0.4, -0.2) is 30.1 Å². The Bertz CT molecular complexity index is 825. The van der Waals surface area contributed by atoms with E-state index >= 15 is 0 Å². The van der Waals surface area contributed by atoms with Crippen molar-refractivity contribution >= 4 is 11.6 Å². The summed E-state index contributed by atoms with van der Waals surface area (Å²) in [6.45, 7) is -1.11. The number of fused-ring (bicyclic) bond motifs is 1. The zero-order valence-electron chi connectivity index (χ0n) is 11.6. The largest absolute Gasteiger partial charge is 0.345 e. The van der Waals surface area contributed by atoms with Crippen molar-refractivity contribution in [1.29, 1.82) is 0 Å². The Morgan fingerprint density at radius 2 is 2.23 bits per heavy atom. The van der Waals surface area contributed by atoms with Crippen LogP contribution in [0, 0.1) is 6.92 Å². The molecule has 3 heterocycles. The number of rotatable bonds is 4. The highest BCUT2D eigenvalue weighted by atomic mass is 19.3. The van der Waals surface area contributed by atoms with Crippen molar-refractivity contribution in [2.75, 3.05) is 0 Å². The van der Waals surface area contributed by atoms with E-state index in [9.17, 15) is 13.6 Å². The van der Waals surface area contributed by atoms with Gasteiger partial charge >= 0.3 is 6.55 Å². The molecule has 114 valence electrons. The molecule has 0 unspecified atom stereocenters. The molecule has 0 saturated carbocycles. The van der Waals surface area contributed by atoms with Gasteiger partial charge in [-0.05, 0) is 13.0 Å². The predicted octanol–water partition coefficient (Wildman–Crippen LogP) is 1.56. The van der Waals surface area contributed by atoms with E-state index in [0.29, 0.717) is 10.3 Å². The Morgan fingerprint density at radius 1 is 1.41 bits per heavy atom. The summed E-state index contributed by atoms with van der Waals surface area (Å²) in [6.07, 6.45) is 6.53. The molecule has 3 aromatic heterocycles. The van der Waals surface area contributed by atoms with Crippen molar-refractivity contribution in [3.8, 4) is 0 Å². The average Bonchev–Trinajstić information content (AvgIpc) is 3.08. The molecule has 0 fully saturated rings. The quantitative estimate of drug-likeness (QED) is 0.793. The van der Waals surface area contributed by atoms with E-state index in [4.69, 9.17) is 0 Å². The first-order chi connectivity index (χ1) is 10.6. The number of aromatic nitrogens is 5. The van der Waals surface area contributed by atoms with Crippen LogP contribution in [0.2, 0.25) is 0 Å². The Kier molecular flexibility index (Phi) is 3.53. The van der Waals surface area contributed by atoms with Crippen molar-refractivity contribution in [2.45, 2.75) is 20.0 Å². The number of halogens is 2. The molecule has 0 bridgehead atoms. The molecule has 1 amide bonds. The topological polar surface area (TPSA) is 77.1 Å². The van der Waals surface area contributed by atoms with Crippen molar-refractivity contribution in [3.63, 3.8) is 0 Å². The fourth-order valence-electron chi connectivity index (χ4n) is 2.08. The van der Waals surface area contributed by atoms with Crippen molar-refractivity contribution in [1.82, 2.24) is 29.5 Å². The molecule has 9 heteroatoms. The number of hydrogen-bond donors (Lipinski definition) is 1. The van der Waals surface area contributed by atoms with Crippen LogP contribution in [-0.2, 0) is 6.54 Å². The zero-order valence-corrected chi connectivity index (χ0v) is 11.6. The van der Waals surface area contributed by atoms with Gasteiger partial charge in [-0.2, -0.15) is 13.9 Å². The summed E-state index contributed by atoms with van der Waals surface area (Å²) in [5.74, 6) is -0.522. The first kappa shape index (κ1) is 14.1. The van der Waals surface area contributed by atoms with Gasteiger partial charge in [0, 0.05) is 18.1 Å². The molecular formula is C13H12F2N6O. The molecular weight excluding hydrogens is 294 g/mol. The summed E-state index contributed by atoms with van der Waals surface area (Å²) in [4.78, 5) is 20.1. The van der Waals surface area contributed by atoms with Gasteiger partial charge in [-0.3, -0.25) is 14.2 Å². The highest BCUT2D eigenvalue weighted by Crippen LogP contribution is 2.13. The van der Waals surface area contributed by atoms with Gasteiger partial charge in [0.2, 0.25) is 0 Å². The molecule has 3 rings (SSSR count). The number of aryl methyl sites for hydroxylation is 1. The molecule has 0 aliphatic carbocycles. The van der Waals surface area contributed by atoms with E-state index in [0.717, 1.165) is 5.69 Å². The van der Waals surface area contributed by atoms with Crippen LogP contribution in [0.15, 0.2) is 30.9 Å². The van der Waals surface area contributed by atoms with Crippen LogP contribution < -0.4 is 5.32 Å². The maximum atomic E-state index is 12.6. The van der Waals surface area contributed by atoms with Gasteiger partial charge in [-0.15, -0.1) is 0 Å². The third-order valence-corrected chi connectivity index (χ3v) is 3.16. The third-order valence-electron chi connectivity index (χ3n) is 3.16. The number of amides is 1. The minimum Gasteiger partial charge on any atom is -0.345 e. The lowest BCUT2D eigenvalue weighted by atomic mass is 10.3. The summed E-state index contributed by atoms with van der Waals surface area (Å²) < 4.78 is 27.6. The van der Waals surface area contributed by atoms with Crippen molar-refractivity contribution in [2.24, 2.45) is 0 Å². The second kappa shape index (κ2) is 5.51. The van der Waals surface area contributed by atoms with E-state index in [1.165, 1.54) is 13.0 Å². The molecule has 7 nitrogen and oxygen atoms in total. The van der Waals surface area contributed by atoms with Crippen LogP contribution in [0.3, 0.4) is 0 Å². The molecule has 0 spiro atoms. The van der Waals surface area contributed by atoms with Crippen LogP contribution in [0.5, 0.6) is 0 Å². The maximum Gasteiger partial charge on any atom is 0.333 e. The van der Waals surface area contributed by atoms with Gasteiger partial charge < -0.3 is 5.32 Å². The molecule has 0 atom stereocenters. The monoisotopic (exact) mass is 306 g/mol. The molecule has 0 aliphatic heterocycles. The summed E-state index contributed by atoms with van der Waals surface area (Å²) in [5, 5.41) is 6.23. The van der Waals surface area contributed by atoms with Crippen LogP contribution in [0.25, 0.3) is 5.65 Å². The van der Waals surface area contributed by atoms with Gasteiger partial charge in [-0.25, -0.2) is 9.67 Å². The highest BCUT2D eigenvalue weighted by Gasteiger charge is 2.17. The van der Waals surface area contributed by atoms with E-state index in [2.05, 4.69) is 20.4 Å². The fraction of sp³-hybridized carbons (Fsp3) is 0.231. The number of nitrogens with zero attached hydrogens (tertiary/aromatic N) is 5. The van der Waals surface area contributed by atoms with E-state index < -0.39 is 12.5 Å². The number of carbonyl (C=O) groups excluding carboxylic acids is 1. The minimum atomic E-state index is -2.77. The third kappa shape index (κ3) is 2.52.